The van der Waals surface area contributed by atoms with Crippen molar-refractivity contribution in [2.24, 2.45) is 23.2 Å². The minimum Gasteiger partial charge on any atom is -0.462 e. The molecule has 0 heterocycles. The van der Waals surface area contributed by atoms with Crippen molar-refractivity contribution in [2.75, 3.05) is 0 Å². The van der Waals surface area contributed by atoms with E-state index in [1.54, 1.807) is 0 Å². The number of fused-ring (bicyclic) bond motifs is 1. The summed E-state index contributed by atoms with van der Waals surface area (Å²) in [7, 11) is 0. The number of hydrogen-bond acceptors (Lipinski definition) is 3. The van der Waals surface area contributed by atoms with Crippen molar-refractivity contribution in [3.05, 3.63) is 0 Å². The fourth-order valence-electron chi connectivity index (χ4n) is 4.47. The van der Waals surface area contributed by atoms with Gasteiger partial charge in [0.05, 0.1) is 0 Å². The third-order valence-corrected chi connectivity index (χ3v) is 5.30. The van der Waals surface area contributed by atoms with Crippen LogP contribution in [0.4, 0.5) is 0 Å². The minimum atomic E-state index is -0.170. The van der Waals surface area contributed by atoms with Crippen LogP contribution in [-0.4, -0.2) is 18.4 Å². The van der Waals surface area contributed by atoms with E-state index in [4.69, 9.17) is 4.74 Å². The Bertz CT molecular complexity index is 339. The number of carbonyl (C=O) groups excluding carboxylic acids is 2. The fraction of sp³-hybridized carbons (Fsp3) is 0.867. The van der Waals surface area contributed by atoms with Crippen LogP contribution in [0.2, 0.25) is 0 Å². The first-order valence-electron chi connectivity index (χ1n) is 7.11. The van der Waals surface area contributed by atoms with Crippen LogP contribution >= 0.6 is 0 Å². The van der Waals surface area contributed by atoms with Gasteiger partial charge in [0.1, 0.15) is 12.4 Å². The molecule has 0 N–H and O–H groups in total. The molecule has 2 fully saturated rings. The van der Waals surface area contributed by atoms with E-state index >= 15 is 0 Å². The van der Waals surface area contributed by atoms with E-state index in [-0.39, 0.29) is 23.4 Å². The van der Waals surface area contributed by atoms with E-state index in [0.717, 1.165) is 38.4 Å². The Hall–Kier alpha value is -0.860. The highest BCUT2D eigenvalue weighted by Crippen LogP contribution is 2.58. The maximum atomic E-state index is 11.2. The lowest BCUT2D eigenvalue weighted by molar-refractivity contribution is -0.155. The number of esters is 1. The molecule has 18 heavy (non-hydrogen) atoms. The van der Waals surface area contributed by atoms with Gasteiger partial charge in [-0.3, -0.25) is 4.79 Å². The Labute approximate surface area is 109 Å². The number of carbonyl (C=O) groups is 2. The Morgan fingerprint density at radius 3 is 2.72 bits per heavy atom. The Kier molecular flexibility index (Phi) is 3.79. The predicted octanol–water partition coefficient (Wildman–Crippen LogP) is 2.97. The minimum absolute atomic E-state index is 0.0742. The van der Waals surface area contributed by atoms with Crippen LogP contribution in [-0.2, 0) is 14.3 Å². The Morgan fingerprint density at radius 1 is 1.39 bits per heavy atom. The zero-order valence-corrected chi connectivity index (χ0v) is 11.6. The quantitative estimate of drug-likeness (QED) is 0.573. The molecule has 2 saturated carbocycles. The van der Waals surface area contributed by atoms with E-state index in [1.807, 2.05) is 6.92 Å². The smallest absolute Gasteiger partial charge is 0.302 e. The molecule has 2 rings (SSSR count). The van der Waals surface area contributed by atoms with Gasteiger partial charge in [0, 0.05) is 18.8 Å². The van der Waals surface area contributed by atoms with Gasteiger partial charge in [-0.05, 0) is 43.4 Å². The number of aldehydes is 1. The monoisotopic (exact) mass is 252 g/mol. The molecular weight excluding hydrogens is 228 g/mol. The second-order valence-electron chi connectivity index (χ2n) is 6.33. The van der Waals surface area contributed by atoms with Crippen LogP contribution in [0.5, 0.6) is 0 Å². The molecular formula is C15H24O3. The van der Waals surface area contributed by atoms with Gasteiger partial charge in [-0.25, -0.2) is 0 Å². The molecule has 0 aromatic rings. The molecule has 0 aromatic heterocycles. The molecule has 0 spiro atoms. The van der Waals surface area contributed by atoms with E-state index in [9.17, 15) is 9.59 Å². The van der Waals surface area contributed by atoms with Gasteiger partial charge in [0.2, 0.25) is 0 Å². The van der Waals surface area contributed by atoms with Crippen LogP contribution in [0.3, 0.4) is 0 Å². The molecule has 1 unspecified atom stereocenters. The van der Waals surface area contributed by atoms with Crippen molar-refractivity contribution >= 4 is 12.3 Å². The van der Waals surface area contributed by atoms with Crippen molar-refractivity contribution < 1.29 is 14.3 Å². The van der Waals surface area contributed by atoms with Gasteiger partial charge in [-0.15, -0.1) is 0 Å². The fourth-order valence-corrected chi connectivity index (χ4v) is 4.47. The first kappa shape index (κ1) is 13.6. The SMILES string of the molecule is CC(=O)O[C@H]1CCC[C@]2(C)[C@@H](C(C)C=O)CC[C@@H]12. The normalized spacial score (nSPS) is 40.9. The van der Waals surface area contributed by atoms with Crippen molar-refractivity contribution in [3.63, 3.8) is 0 Å². The molecule has 0 saturated heterocycles. The maximum Gasteiger partial charge on any atom is 0.302 e. The van der Waals surface area contributed by atoms with Crippen LogP contribution < -0.4 is 0 Å². The molecule has 3 nitrogen and oxygen atoms in total. The largest absolute Gasteiger partial charge is 0.462 e. The topological polar surface area (TPSA) is 43.4 Å². The number of rotatable bonds is 3. The van der Waals surface area contributed by atoms with Crippen molar-refractivity contribution in [1.82, 2.24) is 0 Å². The highest BCUT2D eigenvalue weighted by atomic mass is 16.5. The summed E-state index contributed by atoms with van der Waals surface area (Å²) in [5, 5.41) is 0. The summed E-state index contributed by atoms with van der Waals surface area (Å²) in [6, 6.07) is 0. The molecule has 0 aliphatic heterocycles. The van der Waals surface area contributed by atoms with Gasteiger partial charge in [-0.1, -0.05) is 13.8 Å². The lowest BCUT2D eigenvalue weighted by Gasteiger charge is -2.45. The number of hydrogen-bond donors (Lipinski definition) is 0. The Morgan fingerprint density at radius 2 is 2.11 bits per heavy atom. The van der Waals surface area contributed by atoms with Gasteiger partial charge >= 0.3 is 5.97 Å². The first-order chi connectivity index (χ1) is 8.49. The predicted molar refractivity (Wildman–Crippen MR) is 69.0 cm³/mol. The summed E-state index contributed by atoms with van der Waals surface area (Å²) >= 11 is 0. The standard InChI is InChI=1S/C15H24O3/c1-10(9-16)12-6-7-13-14(18-11(2)17)5-4-8-15(12,13)3/h9-10,12-14H,4-8H2,1-3H3/t10?,12-,13+,14+,15-/m1/s1. The summed E-state index contributed by atoms with van der Waals surface area (Å²) in [5.74, 6) is 0.855. The molecule has 0 aromatic carbocycles. The lowest BCUT2D eigenvalue weighted by Crippen LogP contribution is -2.43. The molecule has 102 valence electrons. The molecule has 0 bridgehead atoms. The molecule has 0 radical (unpaired) electrons. The van der Waals surface area contributed by atoms with Crippen molar-refractivity contribution in [1.29, 1.82) is 0 Å². The zero-order valence-electron chi connectivity index (χ0n) is 11.6. The average molecular weight is 252 g/mol. The first-order valence-corrected chi connectivity index (χ1v) is 7.11. The maximum absolute atomic E-state index is 11.2. The van der Waals surface area contributed by atoms with Gasteiger partial charge in [-0.2, -0.15) is 0 Å². The van der Waals surface area contributed by atoms with E-state index in [1.165, 1.54) is 6.92 Å². The molecule has 5 atom stereocenters. The average Bonchev–Trinajstić information content (AvgIpc) is 2.66. The van der Waals surface area contributed by atoms with Crippen LogP contribution in [0.15, 0.2) is 0 Å². The van der Waals surface area contributed by atoms with Gasteiger partial charge in [0.15, 0.2) is 0 Å². The lowest BCUT2D eigenvalue weighted by atomic mass is 9.62. The van der Waals surface area contributed by atoms with Gasteiger partial charge in [0.25, 0.3) is 0 Å². The molecule has 2 aliphatic carbocycles. The zero-order chi connectivity index (χ0) is 13.3. The number of ether oxygens (including phenoxy) is 1. The summed E-state index contributed by atoms with van der Waals surface area (Å²) in [6.45, 7) is 5.82. The molecule has 2 aliphatic rings. The van der Waals surface area contributed by atoms with Crippen molar-refractivity contribution in [2.45, 2.75) is 59.0 Å². The third kappa shape index (κ3) is 2.19. The molecule has 0 amide bonds. The van der Waals surface area contributed by atoms with Gasteiger partial charge < -0.3 is 9.53 Å². The summed E-state index contributed by atoms with van der Waals surface area (Å²) in [5.41, 5.74) is 0.179. The molecule has 3 heteroatoms. The van der Waals surface area contributed by atoms with Crippen LogP contribution in [0.25, 0.3) is 0 Å². The van der Waals surface area contributed by atoms with E-state index in [0.29, 0.717) is 11.8 Å². The van der Waals surface area contributed by atoms with Crippen LogP contribution in [0.1, 0.15) is 52.9 Å². The Balaban J connectivity index is 2.17. The summed E-state index contributed by atoms with van der Waals surface area (Å²) in [4.78, 5) is 22.3. The second-order valence-corrected chi connectivity index (χ2v) is 6.33. The van der Waals surface area contributed by atoms with E-state index in [2.05, 4.69) is 6.92 Å². The highest BCUT2D eigenvalue weighted by molar-refractivity contribution is 5.66. The third-order valence-electron chi connectivity index (χ3n) is 5.30. The summed E-state index contributed by atoms with van der Waals surface area (Å²) in [6.07, 6.45) is 6.61. The van der Waals surface area contributed by atoms with E-state index < -0.39 is 0 Å². The highest BCUT2D eigenvalue weighted by Gasteiger charge is 2.53. The van der Waals surface area contributed by atoms with Crippen LogP contribution in [0, 0.1) is 23.2 Å². The van der Waals surface area contributed by atoms with Crippen molar-refractivity contribution in [3.8, 4) is 0 Å². The second kappa shape index (κ2) is 5.02. The summed E-state index contributed by atoms with van der Waals surface area (Å²) < 4.78 is 5.50.